The third kappa shape index (κ3) is 11.4. The maximum Gasteiger partial charge on any atom is 0.246 e. The van der Waals surface area contributed by atoms with E-state index in [2.05, 4.69) is 15.6 Å². The van der Waals surface area contributed by atoms with E-state index >= 15 is 0 Å². The highest BCUT2D eigenvalue weighted by Gasteiger charge is 2.44. The molecule has 1 saturated heterocycles. The number of carbonyl (C=O) groups excluding carboxylic acids is 4. The van der Waals surface area contributed by atoms with E-state index in [0.717, 1.165) is 32.8 Å². The number of aliphatic hydroxyl groups excluding tert-OH is 1. The van der Waals surface area contributed by atoms with Crippen LogP contribution in [0.4, 0.5) is 0 Å². The first kappa shape index (κ1) is 39.6. The van der Waals surface area contributed by atoms with Gasteiger partial charge in [0.1, 0.15) is 12.1 Å². The van der Waals surface area contributed by atoms with Crippen LogP contribution in [0.2, 0.25) is 0 Å². The molecule has 1 aromatic heterocycles. The maximum absolute atomic E-state index is 13.9. The second kappa shape index (κ2) is 17.9. The average molecular weight is 721 g/mol. The number of carbonyl (C=O) groups is 4. The van der Waals surface area contributed by atoms with Crippen LogP contribution in [0.25, 0.3) is 10.4 Å². The third-order valence-corrected chi connectivity index (χ3v) is 10.2. The van der Waals surface area contributed by atoms with E-state index in [1.54, 1.807) is 11.3 Å². The topological polar surface area (TPSA) is 190 Å². The maximum atomic E-state index is 13.9. The number of primary amides is 1. The Labute approximate surface area is 304 Å². The number of nitrogens with two attached hydrogens (primary N) is 2. The Hall–Kier alpha value is -4.17. The number of ether oxygens (including phenoxy) is 1. The Morgan fingerprint density at radius 2 is 1.69 bits per heavy atom. The summed E-state index contributed by atoms with van der Waals surface area (Å²) in [4.78, 5) is 58.3. The summed E-state index contributed by atoms with van der Waals surface area (Å²) in [6, 6.07) is 13.6. The molecule has 51 heavy (non-hydrogen) atoms. The molecule has 0 aliphatic carbocycles. The Morgan fingerprint density at radius 3 is 2.29 bits per heavy atom. The number of nitrogens with one attached hydrogen (secondary N) is 2. The first-order valence-corrected chi connectivity index (χ1v) is 18.3. The fourth-order valence-electron chi connectivity index (χ4n) is 5.97. The lowest BCUT2D eigenvalue weighted by Crippen LogP contribution is -2.57. The Kier molecular flexibility index (Phi) is 13.9. The molecule has 1 fully saturated rings. The molecule has 13 heteroatoms. The SMILES string of the molecule is Cc1ncsc1-c1ccc(CNC(=O)[C@@H]2C[C@@H](O)CN2C(=O)[C@@H](NC(=O)CCc2ccc(CO[C@H](C)[C@@H](N)CCC(N)=O)cc2)C(C)(C)C)cc1. The molecule has 2 heterocycles. The van der Waals surface area contributed by atoms with E-state index in [1.807, 2.05) is 88.7 Å². The fraction of sp³-hybridized carbons (Fsp3) is 0.500. The quantitative estimate of drug-likeness (QED) is 0.149. The zero-order chi connectivity index (χ0) is 37.3. The van der Waals surface area contributed by atoms with E-state index in [4.69, 9.17) is 16.2 Å². The van der Waals surface area contributed by atoms with Crippen LogP contribution >= 0.6 is 11.3 Å². The molecule has 4 amide bonds. The number of β-amino-alcohol motifs (C(OH)–C–C–N with tert-alkyl or cyclic N) is 1. The van der Waals surface area contributed by atoms with Crippen molar-refractivity contribution in [3.63, 3.8) is 0 Å². The molecule has 5 atom stereocenters. The van der Waals surface area contributed by atoms with Crippen LogP contribution in [0.3, 0.4) is 0 Å². The fourth-order valence-corrected chi connectivity index (χ4v) is 6.78. The number of nitrogens with zero attached hydrogens (tertiary/aromatic N) is 2. The molecular weight excluding hydrogens is 669 g/mol. The van der Waals surface area contributed by atoms with E-state index in [0.29, 0.717) is 19.4 Å². The minimum Gasteiger partial charge on any atom is -0.391 e. The predicted octanol–water partition coefficient (Wildman–Crippen LogP) is 3.36. The molecule has 3 aromatic rings. The zero-order valence-electron chi connectivity index (χ0n) is 30.2. The number of thiazole rings is 1. The van der Waals surface area contributed by atoms with Gasteiger partial charge in [0.2, 0.25) is 23.6 Å². The lowest BCUT2D eigenvalue weighted by Gasteiger charge is -2.35. The minimum absolute atomic E-state index is 0.0103. The lowest BCUT2D eigenvalue weighted by molar-refractivity contribution is -0.144. The molecule has 0 bridgehead atoms. The summed E-state index contributed by atoms with van der Waals surface area (Å²) < 4.78 is 5.86. The van der Waals surface area contributed by atoms with Crippen LogP contribution in [0.1, 0.15) is 75.8 Å². The first-order chi connectivity index (χ1) is 24.1. The summed E-state index contributed by atoms with van der Waals surface area (Å²) in [6.07, 6.45) is 0.320. The second-order valence-electron chi connectivity index (χ2n) is 14.4. The highest BCUT2D eigenvalue weighted by molar-refractivity contribution is 7.13. The smallest absolute Gasteiger partial charge is 0.246 e. The molecule has 2 aromatic carbocycles. The van der Waals surface area contributed by atoms with Gasteiger partial charge in [0.05, 0.1) is 34.9 Å². The van der Waals surface area contributed by atoms with Crippen LogP contribution in [0, 0.1) is 12.3 Å². The van der Waals surface area contributed by atoms with Crippen LogP contribution in [-0.4, -0.2) is 75.5 Å². The van der Waals surface area contributed by atoms with Crippen molar-refractivity contribution in [1.82, 2.24) is 20.5 Å². The number of aromatic nitrogens is 1. The van der Waals surface area contributed by atoms with Gasteiger partial charge in [-0.15, -0.1) is 11.3 Å². The molecule has 1 aliphatic rings. The number of hydrogen-bond acceptors (Lipinski definition) is 9. The van der Waals surface area contributed by atoms with Crippen LogP contribution in [0.15, 0.2) is 54.0 Å². The van der Waals surface area contributed by atoms with Gasteiger partial charge in [0, 0.05) is 38.4 Å². The molecule has 0 radical (unpaired) electrons. The molecule has 276 valence electrons. The number of hydrogen-bond donors (Lipinski definition) is 5. The Morgan fingerprint density at radius 1 is 1.04 bits per heavy atom. The van der Waals surface area contributed by atoms with Gasteiger partial charge in [-0.2, -0.15) is 0 Å². The zero-order valence-corrected chi connectivity index (χ0v) is 31.0. The van der Waals surface area contributed by atoms with Gasteiger partial charge in [-0.05, 0) is 54.4 Å². The molecule has 7 N–H and O–H groups in total. The van der Waals surface area contributed by atoms with Crippen molar-refractivity contribution in [1.29, 1.82) is 0 Å². The average Bonchev–Trinajstić information content (AvgIpc) is 3.71. The summed E-state index contributed by atoms with van der Waals surface area (Å²) in [6.45, 7) is 10.1. The Balaban J connectivity index is 1.29. The van der Waals surface area contributed by atoms with Gasteiger partial charge in [0.15, 0.2) is 0 Å². The largest absolute Gasteiger partial charge is 0.391 e. The molecule has 0 unspecified atom stereocenters. The van der Waals surface area contributed by atoms with Gasteiger partial charge in [-0.3, -0.25) is 19.2 Å². The summed E-state index contributed by atoms with van der Waals surface area (Å²) in [7, 11) is 0. The molecule has 12 nitrogen and oxygen atoms in total. The van der Waals surface area contributed by atoms with E-state index in [9.17, 15) is 24.3 Å². The van der Waals surface area contributed by atoms with Crippen molar-refractivity contribution in [3.05, 3.63) is 76.4 Å². The molecule has 1 aliphatic heterocycles. The highest BCUT2D eigenvalue weighted by atomic mass is 32.1. The number of benzene rings is 2. The number of aryl methyl sites for hydroxylation is 2. The molecule has 4 rings (SSSR count). The van der Waals surface area contributed by atoms with Gasteiger partial charge in [0.25, 0.3) is 0 Å². The number of amides is 4. The van der Waals surface area contributed by atoms with Gasteiger partial charge >= 0.3 is 0 Å². The number of rotatable bonds is 16. The van der Waals surface area contributed by atoms with Crippen LogP contribution < -0.4 is 22.1 Å². The minimum atomic E-state index is -0.899. The van der Waals surface area contributed by atoms with Crippen molar-refractivity contribution < 1.29 is 29.0 Å². The summed E-state index contributed by atoms with van der Waals surface area (Å²) >= 11 is 1.58. The first-order valence-electron chi connectivity index (χ1n) is 17.4. The normalized spacial score (nSPS) is 17.8. The van der Waals surface area contributed by atoms with Gasteiger partial charge in [-0.1, -0.05) is 69.3 Å². The van der Waals surface area contributed by atoms with Gasteiger partial charge < -0.3 is 36.8 Å². The van der Waals surface area contributed by atoms with Crippen molar-refractivity contribution in [2.24, 2.45) is 16.9 Å². The van der Waals surface area contributed by atoms with Crippen molar-refractivity contribution in [3.8, 4) is 10.4 Å². The standard InChI is InChI=1S/C38H52N6O6S/c1-23-34(51-22-42-23)28-13-10-26(11-14-28)19-41-36(48)31-18-29(45)20-44(31)37(49)35(38(3,4)5)43-33(47)17-12-25-6-8-27(9-7-25)21-50-24(2)30(39)15-16-32(40)46/h6-11,13-14,22,24,29-31,35,45H,12,15-21,39H2,1-5H3,(H2,40,46)(H,41,48)(H,43,47)/t24-,29-,30+,31+,35-/m1/s1. The van der Waals surface area contributed by atoms with Gasteiger partial charge in [-0.25, -0.2) is 4.98 Å². The van der Waals surface area contributed by atoms with E-state index in [1.165, 1.54) is 4.90 Å². The highest BCUT2D eigenvalue weighted by Crippen LogP contribution is 2.28. The van der Waals surface area contributed by atoms with Crippen LogP contribution in [-0.2, 0) is 43.5 Å². The third-order valence-electron chi connectivity index (χ3n) is 9.22. The lowest BCUT2D eigenvalue weighted by atomic mass is 9.85. The molecular formula is C38H52N6O6S. The monoisotopic (exact) mass is 720 g/mol. The van der Waals surface area contributed by atoms with E-state index in [-0.39, 0.29) is 62.2 Å². The van der Waals surface area contributed by atoms with E-state index < -0.39 is 29.5 Å². The van der Waals surface area contributed by atoms with Crippen molar-refractivity contribution >= 4 is 35.0 Å². The van der Waals surface area contributed by atoms with Crippen molar-refractivity contribution in [2.75, 3.05) is 6.54 Å². The summed E-state index contributed by atoms with van der Waals surface area (Å²) in [5.41, 5.74) is 17.3. The molecule has 0 spiro atoms. The number of aliphatic hydroxyl groups is 1. The summed E-state index contributed by atoms with van der Waals surface area (Å²) in [5, 5.41) is 16.4. The van der Waals surface area contributed by atoms with Crippen molar-refractivity contribution in [2.45, 2.75) is 110 Å². The number of likely N-dealkylation sites (tertiary alicyclic amines) is 1. The Bertz CT molecular complexity index is 1640. The predicted molar refractivity (Wildman–Crippen MR) is 197 cm³/mol. The second-order valence-corrected chi connectivity index (χ2v) is 15.3. The summed E-state index contributed by atoms with van der Waals surface area (Å²) in [5.74, 6) is -1.42. The van der Waals surface area contributed by atoms with Crippen LogP contribution in [0.5, 0.6) is 0 Å². The molecule has 0 saturated carbocycles.